The topological polar surface area (TPSA) is 47.9 Å². The molecule has 0 aliphatic carbocycles. The van der Waals surface area contributed by atoms with E-state index < -0.39 is 0 Å². The maximum Gasteiger partial charge on any atom is 0.243 e. The minimum atomic E-state index is 0. The Labute approximate surface area is 180 Å². The molecule has 1 fully saturated rings. The lowest BCUT2D eigenvalue weighted by atomic mass is 9.82. The highest BCUT2D eigenvalue weighted by Gasteiger charge is 2.28. The molecule has 0 spiro atoms. The van der Waals surface area contributed by atoms with Crippen LogP contribution in [0.25, 0.3) is 0 Å². The molecule has 2 rings (SSSR count). The van der Waals surface area contributed by atoms with Gasteiger partial charge in [-0.15, -0.1) is 24.0 Å². The number of hydrogen-bond donors (Lipinski definition) is 1. The number of benzene rings is 1. The van der Waals surface area contributed by atoms with E-state index in [0.717, 1.165) is 31.0 Å². The molecule has 0 saturated carbocycles. The summed E-state index contributed by atoms with van der Waals surface area (Å²) < 4.78 is 0. The van der Waals surface area contributed by atoms with E-state index in [4.69, 9.17) is 0 Å². The van der Waals surface area contributed by atoms with E-state index in [-0.39, 0.29) is 36.4 Å². The molecule has 150 valence electrons. The van der Waals surface area contributed by atoms with Gasteiger partial charge in [0, 0.05) is 33.7 Å². The van der Waals surface area contributed by atoms with E-state index in [9.17, 15) is 4.79 Å². The first kappa shape index (κ1) is 23.5. The molecule has 6 heteroatoms. The quantitative estimate of drug-likeness (QED) is 0.302. The summed E-state index contributed by atoms with van der Waals surface area (Å²) in [5.41, 5.74) is 2.46. The van der Waals surface area contributed by atoms with Crippen LogP contribution in [0.15, 0.2) is 47.5 Å². The largest absolute Gasteiger partial charge is 0.353 e. The van der Waals surface area contributed by atoms with E-state index in [1.165, 1.54) is 5.56 Å². The Morgan fingerprint density at radius 2 is 2.00 bits per heavy atom. The Kier molecular flexibility index (Phi) is 9.83. The van der Waals surface area contributed by atoms with Crippen molar-refractivity contribution in [1.82, 2.24) is 15.1 Å². The number of guanidine groups is 1. The smallest absolute Gasteiger partial charge is 0.243 e. The lowest BCUT2D eigenvalue weighted by Gasteiger charge is -2.39. The molecule has 0 bridgehead atoms. The monoisotopic (exact) mass is 484 g/mol. The zero-order valence-corrected chi connectivity index (χ0v) is 19.3. The molecular weight excluding hydrogens is 451 g/mol. The Bertz CT molecular complexity index is 645. The zero-order valence-electron chi connectivity index (χ0n) is 16.9. The van der Waals surface area contributed by atoms with E-state index >= 15 is 0 Å². The van der Waals surface area contributed by atoms with Crippen molar-refractivity contribution < 1.29 is 4.79 Å². The molecule has 27 heavy (non-hydrogen) atoms. The summed E-state index contributed by atoms with van der Waals surface area (Å²) >= 11 is 0. The number of nitrogens with one attached hydrogen (secondary N) is 1. The van der Waals surface area contributed by atoms with Gasteiger partial charge in [0.1, 0.15) is 6.54 Å². The molecule has 2 unspecified atom stereocenters. The fraction of sp³-hybridized carbons (Fsp3) is 0.524. The van der Waals surface area contributed by atoms with Gasteiger partial charge in [0.15, 0.2) is 5.96 Å². The minimum Gasteiger partial charge on any atom is -0.353 e. The Morgan fingerprint density at radius 1 is 1.33 bits per heavy atom. The molecule has 1 N–H and O–H groups in total. The molecule has 2 atom stereocenters. The van der Waals surface area contributed by atoms with E-state index in [1.807, 2.05) is 6.92 Å². The van der Waals surface area contributed by atoms with Crippen LogP contribution < -0.4 is 5.32 Å². The van der Waals surface area contributed by atoms with Crippen molar-refractivity contribution in [3.8, 4) is 0 Å². The second kappa shape index (κ2) is 11.3. The predicted octanol–water partition coefficient (Wildman–Crippen LogP) is 3.34. The van der Waals surface area contributed by atoms with E-state index in [1.54, 1.807) is 19.0 Å². The Morgan fingerprint density at radius 3 is 2.56 bits per heavy atom. The number of halogens is 1. The van der Waals surface area contributed by atoms with Crippen LogP contribution in [-0.2, 0) is 4.79 Å². The summed E-state index contributed by atoms with van der Waals surface area (Å²) in [6.45, 7) is 10.9. The Hall–Kier alpha value is -1.57. The lowest BCUT2D eigenvalue weighted by molar-refractivity contribution is -0.127. The highest BCUT2D eigenvalue weighted by atomic mass is 127. The molecule has 1 amide bonds. The van der Waals surface area contributed by atoms with Crippen LogP contribution in [0.3, 0.4) is 0 Å². The summed E-state index contributed by atoms with van der Waals surface area (Å²) in [5, 5.41) is 3.36. The Balaban J connectivity index is 0.00000364. The number of aliphatic imine (C=N–C) groups is 1. The summed E-state index contributed by atoms with van der Waals surface area (Å²) in [7, 11) is 3.51. The number of carbonyl (C=O) groups excluding carboxylic acids is 1. The SMILES string of the molecule is C=C(C)CNC(=NCC(=O)N(C)C)N1CCC(c2ccccc2)C(C)C1.I. The molecule has 1 aliphatic heterocycles. The predicted molar refractivity (Wildman–Crippen MR) is 124 cm³/mol. The average Bonchev–Trinajstić information content (AvgIpc) is 2.61. The van der Waals surface area contributed by atoms with Crippen molar-refractivity contribution in [1.29, 1.82) is 0 Å². The van der Waals surface area contributed by atoms with Crippen LogP contribution in [-0.4, -0.2) is 61.9 Å². The third-order valence-electron chi connectivity index (χ3n) is 4.84. The summed E-state index contributed by atoms with van der Waals surface area (Å²) in [6, 6.07) is 10.7. The van der Waals surface area contributed by atoms with Crippen LogP contribution in [0.4, 0.5) is 0 Å². The van der Waals surface area contributed by atoms with Crippen molar-refractivity contribution in [2.24, 2.45) is 10.9 Å². The van der Waals surface area contributed by atoms with Crippen LogP contribution in [0.1, 0.15) is 31.7 Å². The normalized spacial score (nSPS) is 19.9. The van der Waals surface area contributed by atoms with Crippen molar-refractivity contribution in [3.63, 3.8) is 0 Å². The van der Waals surface area contributed by atoms with Gasteiger partial charge in [-0.25, -0.2) is 4.99 Å². The van der Waals surface area contributed by atoms with Gasteiger partial charge in [0.2, 0.25) is 5.91 Å². The molecular formula is C21H33IN4O. The number of likely N-dealkylation sites (N-methyl/N-ethyl adjacent to an activating group) is 1. The number of likely N-dealkylation sites (tertiary alicyclic amines) is 1. The van der Waals surface area contributed by atoms with Gasteiger partial charge in [-0.1, -0.05) is 49.4 Å². The summed E-state index contributed by atoms with van der Waals surface area (Å²) in [5.74, 6) is 1.90. The number of hydrogen-bond acceptors (Lipinski definition) is 2. The standard InChI is InChI=1S/C21H32N4O.HI/c1-16(2)13-22-21(23-14-20(26)24(4)5)25-12-11-19(17(3)15-25)18-9-7-6-8-10-18;/h6-10,17,19H,1,11-15H2,2-5H3,(H,22,23);1H. The molecule has 0 aromatic heterocycles. The average molecular weight is 484 g/mol. The molecule has 1 aromatic rings. The highest BCUT2D eigenvalue weighted by Crippen LogP contribution is 2.32. The van der Waals surface area contributed by atoms with Gasteiger partial charge in [0.05, 0.1) is 0 Å². The van der Waals surface area contributed by atoms with Crippen molar-refractivity contribution >= 4 is 35.8 Å². The van der Waals surface area contributed by atoms with Crippen molar-refractivity contribution in [2.75, 3.05) is 40.3 Å². The molecule has 1 saturated heterocycles. The van der Waals surface area contributed by atoms with Crippen LogP contribution in [0.2, 0.25) is 0 Å². The summed E-state index contributed by atoms with van der Waals surface area (Å²) in [6.07, 6.45) is 1.08. The first-order valence-corrected chi connectivity index (χ1v) is 9.31. The minimum absolute atomic E-state index is 0. The maximum absolute atomic E-state index is 11.9. The molecule has 1 heterocycles. The molecule has 5 nitrogen and oxygen atoms in total. The van der Waals surface area contributed by atoms with E-state index in [0.29, 0.717) is 18.4 Å². The van der Waals surface area contributed by atoms with Gasteiger partial charge in [0.25, 0.3) is 0 Å². The number of nitrogens with zero attached hydrogens (tertiary/aromatic N) is 3. The van der Waals surface area contributed by atoms with E-state index in [2.05, 4.69) is 59.0 Å². The third kappa shape index (κ3) is 7.16. The second-order valence-electron chi connectivity index (χ2n) is 7.47. The second-order valence-corrected chi connectivity index (χ2v) is 7.47. The van der Waals surface area contributed by atoms with Gasteiger partial charge < -0.3 is 15.1 Å². The number of amides is 1. The molecule has 1 aliphatic rings. The fourth-order valence-electron chi connectivity index (χ4n) is 3.31. The number of carbonyl (C=O) groups is 1. The fourth-order valence-corrected chi connectivity index (χ4v) is 3.31. The van der Waals surface area contributed by atoms with Crippen LogP contribution >= 0.6 is 24.0 Å². The molecule has 0 radical (unpaired) electrons. The zero-order chi connectivity index (χ0) is 19.1. The molecule has 1 aromatic carbocycles. The van der Waals surface area contributed by atoms with Crippen molar-refractivity contribution in [2.45, 2.75) is 26.2 Å². The third-order valence-corrected chi connectivity index (χ3v) is 4.84. The lowest BCUT2D eigenvalue weighted by Crippen LogP contribution is -2.48. The highest BCUT2D eigenvalue weighted by molar-refractivity contribution is 14.0. The van der Waals surface area contributed by atoms with Gasteiger partial charge in [-0.3, -0.25) is 4.79 Å². The van der Waals surface area contributed by atoms with Crippen LogP contribution in [0.5, 0.6) is 0 Å². The maximum atomic E-state index is 11.9. The first-order valence-electron chi connectivity index (χ1n) is 9.31. The number of piperidine rings is 1. The van der Waals surface area contributed by atoms with Crippen LogP contribution in [0, 0.1) is 5.92 Å². The van der Waals surface area contributed by atoms with Crippen molar-refractivity contribution in [3.05, 3.63) is 48.0 Å². The van der Waals surface area contributed by atoms with Gasteiger partial charge in [-0.05, 0) is 30.7 Å². The van der Waals surface area contributed by atoms with Gasteiger partial charge in [-0.2, -0.15) is 0 Å². The van der Waals surface area contributed by atoms with Gasteiger partial charge >= 0.3 is 0 Å². The number of rotatable bonds is 5. The summed E-state index contributed by atoms with van der Waals surface area (Å²) in [4.78, 5) is 20.3. The first-order chi connectivity index (χ1) is 12.4.